The Morgan fingerprint density at radius 1 is 0.771 bits per heavy atom. The van der Waals surface area contributed by atoms with Crippen LogP contribution in [0, 0.1) is 0 Å². The summed E-state index contributed by atoms with van der Waals surface area (Å²) in [6, 6.07) is 29.5. The number of ether oxygens (including phenoxy) is 1. The number of amides is 1. The predicted octanol–water partition coefficient (Wildman–Crippen LogP) is 5.82. The number of carbonyl (C=O) groups excluding carboxylic acids is 1. The Bertz CT molecular complexity index is 1250. The maximum absolute atomic E-state index is 12.5. The van der Waals surface area contributed by atoms with Crippen molar-refractivity contribution in [3.05, 3.63) is 91.0 Å². The molecule has 4 aromatic rings. The molecule has 2 heterocycles. The van der Waals surface area contributed by atoms with Gasteiger partial charge >= 0.3 is 0 Å². The van der Waals surface area contributed by atoms with E-state index in [1.165, 1.54) is 19.3 Å². The smallest absolute Gasteiger partial charge is 0.262 e. The van der Waals surface area contributed by atoms with Crippen molar-refractivity contribution in [2.75, 3.05) is 29.9 Å². The third-order valence-electron chi connectivity index (χ3n) is 6.10. The highest BCUT2D eigenvalue weighted by molar-refractivity contribution is 5.92. The Morgan fingerprint density at radius 3 is 2.26 bits per heavy atom. The molecule has 0 bridgehead atoms. The second-order valence-electron chi connectivity index (χ2n) is 8.63. The molecule has 0 radical (unpaired) electrons. The molecule has 1 N–H and O–H groups in total. The summed E-state index contributed by atoms with van der Waals surface area (Å²) in [5.74, 6) is 1.35. The summed E-state index contributed by atoms with van der Waals surface area (Å²) in [5, 5.41) is 11.7. The van der Waals surface area contributed by atoms with E-state index >= 15 is 0 Å². The number of aromatic nitrogens is 2. The van der Waals surface area contributed by atoms with Gasteiger partial charge in [0.1, 0.15) is 5.75 Å². The van der Waals surface area contributed by atoms with E-state index in [0.717, 1.165) is 41.3 Å². The van der Waals surface area contributed by atoms with E-state index in [-0.39, 0.29) is 12.5 Å². The molecule has 6 heteroatoms. The van der Waals surface area contributed by atoms with Gasteiger partial charge in [-0.25, -0.2) is 0 Å². The van der Waals surface area contributed by atoms with Crippen molar-refractivity contribution >= 4 is 17.4 Å². The molecule has 0 unspecified atom stereocenters. The maximum atomic E-state index is 12.5. The fraction of sp³-hybridized carbons (Fsp3) is 0.207. The van der Waals surface area contributed by atoms with Crippen molar-refractivity contribution in [2.24, 2.45) is 0 Å². The predicted molar refractivity (Wildman–Crippen MR) is 140 cm³/mol. The largest absolute Gasteiger partial charge is 0.484 e. The second kappa shape index (κ2) is 10.8. The first kappa shape index (κ1) is 22.6. The van der Waals surface area contributed by atoms with Crippen LogP contribution in [0.3, 0.4) is 0 Å². The van der Waals surface area contributed by atoms with Gasteiger partial charge in [0, 0.05) is 24.3 Å². The maximum Gasteiger partial charge on any atom is 0.262 e. The standard InChI is InChI=1S/C29H28N4O2/c34-29(21-35-26-14-12-23(13-15-26)22-8-3-1-4-9-22)30-25-11-7-10-24(20-25)27-16-17-28(32-31-27)33-18-5-2-6-19-33/h1,3-4,7-17,20H,2,5-6,18-19,21H2,(H,30,34). The molecule has 6 nitrogen and oxygen atoms in total. The van der Waals surface area contributed by atoms with Crippen LogP contribution in [0.2, 0.25) is 0 Å². The van der Waals surface area contributed by atoms with Gasteiger partial charge in [-0.2, -0.15) is 0 Å². The molecule has 1 amide bonds. The number of carbonyl (C=O) groups is 1. The quantitative estimate of drug-likeness (QED) is 0.373. The van der Waals surface area contributed by atoms with Crippen molar-refractivity contribution in [1.29, 1.82) is 0 Å². The zero-order chi connectivity index (χ0) is 23.9. The van der Waals surface area contributed by atoms with Crippen molar-refractivity contribution in [3.63, 3.8) is 0 Å². The van der Waals surface area contributed by atoms with Crippen LogP contribution >= 0.6 is 0 Å². The Kier molecular flexibility index (Phi) is 6.99. The van der Waals surface area contributed by atoms with Crippen LogP contribution in [-0.2, 0) is 4.79 Å². The molecule has 176 valence electrons. The minimum Gasteiger partial charge on any atom is -0.484 e. The lowest BCUT2D eigenvalue weighted by Gasteiger charge is -2.27. The molecule has 0 atom stereocenters. The van der Waals surface area contributed by atoms with Gasteiger partial charge in [-0.15, -0.1) is 10.2 Å². The monoisotopic (exact) mass is 464 g/mol. The highest BCUT2D eigenvalue weighted by Gasteiger charge is 2.13. The molecule has 1 saturated heterocycles. The number of piperidine rings is 1. The van der Waals surface area contributed by atoms with E-state index < -0.39 is 0 Å². The van der Waals surface area contributed by atoms with Gasteiger partial charge in [0.15, 0.2) is 12.4 Å². The summed E-state index contributed by atoms with van der Waals surface area (Å²) in [5.41, 5.74) is 4.61. The van der Waals surface area contributed by atoms with Crippen LogP contribution in [-0.4, -0.2) is 35.8 Å². The summed E-state index contributed by atoms with van der Waals surface area (Å²) in [6.07, 6.45) is 3.69. The zero-order valence-electron chi connectivity index (χ0n) is 19.6. The number of hydrogen-bond donors (Lipinski definition) is 1. The Morgan fingerprint density at radius 2 is 1.51 bits per heavy atom. The van der Waals surface area contributed by atoms with Crippen LogP contribution in [0.15, 0.2) is 91.0 Å². The number of benzene rings is 3. The van der Waals surface area contributed by atoms with Crippen LogP contribution in [0.25, 0.3) is 22.4 Å². The highest BCUT2D eigenvalue weighted by Crippen LogP contribution is 2.24. The molecule has 35 heavy (non-hydrogen) atoms. The van der Waals surface area contributed by atoms with Crippen LogP contribution in [0.1, 0.15) is 19.3 Å². The van der Waals surface area contributed by atoms with Crippen LogP contribution in [0.4, 0.5) is 11.5 Å². The Balaban J connectivity index is 1.17. The third-order valence-corrected chi connectivity index (χ3v) is 6.10. The van der Waals surface area contributed by atoms with Crippen molar-refractivity contribution in [2.45, 2.75) is 19.3 Å². The normalized spacial score (nSPS) is 13.3. The van der Waals surface area contributed by atoms with Gasteiger partial charge < -0.3 is 15.0 Å². The van der Waals surface area contributed by atoms with Crippen molar-refractivity contribution < 1.29 is 9.53 Å². The number of rotatable bonds is 7. The lowest BCUT2D eigenvalue weighted by molar-refractivity contribution is -0.118. The molecule has 1 aliphatic rings. The molecular weight excluding hydrogens is 436 g/mol. The minimum atomic E-state index is -0.221. The first-order valence-corrected chi connectivity index (χ1v) is 12.0. The molecular formula is C29H28N4O2. The van der Waals surface area contributed by atoms with E-state index in [2.05, 4.69) is 32.5 Å². The van der Waals surface area contributed by atoms with Gasteiger partial charge in [0.05, 0.1) is 5.69 Å². The Labute approximate surface area is 205 Å². The van der Waals surface area contributed by atoms with E-state index in [9.17, 15) is 4.79 Å². The first-order chi connectivity index (χ1) is 17.2. The van der Waals surface area contributed by atoms with Gasteiger partial charge in [-0.3, -0.25) is 4.79 Å². The molecule has 1 aromatic heterocycles. The van der Waals surface area contributed by atoms with Crippen LogP contribution < -0.4 is 15.0 Å². The molecule has 0 saturated carbocycles. The van der Waals surface area contributed by atoms with E-state index in [0.29, 0.717) is 11.4 Å². The molecule has 3 aromatic carbocycles. The molecule has 0 aliphatic carbocycles. The van der Waals surface area contributed by atoms with Gasteiger partial charge in [-0.05, 0) is 66.8 Å². The topological polar surface area (TPSA) is 67.3 Å². The lowest BCUT2D eigenvalue weighted by Crippen LogP contribution is -2.30. The van der Waals surface area contributed by atoms with E-state index in [4.69, 9.17) is 4.74 Å². The average Bonchev–Trinajstić information content (AvgIpc) is 2.93. The fourth-order valence-electron chi connectivity index (χ4n) is 4.25. The fourth-order valence-corrected chi connectivity index (χ4v) is 4.25. The first-order valence-electron chi connectivity index (χ1n) is 12.0. The van der Waals surface area contributed by atoms with Gasteiger partial charge in [0.2, 0.25) is 0 Å². The van der Waals surface area contributed by atoms with Crippen molar-refractivity contribution in [3.8, 4) is 28.1 Å². The number of hydrogen-bond acceptors (Lipinski definition) is 5. The lowest BCUT2D eigenvalue weighted by atomic mass is 10.1. The summed E-state index contributed by atoms with van der Waals surface area (Å²) in [6.45, 7) is 2.00. The third kappa shape index (κ3) is 5.84. The number of nitrogens with one attached hydrogen (secondary N) is 1. The molecule has 5 rings (SSSR count). The van der Waals surface area contributed by atoms with E-state index in [1.807, 2.05) is 78.9 Å². The van der Waals surface area contributed by atoms with Gasteiger partial charge in [-0.1, -0.05) is 54.6 Å². The van der Waals surface area contributed by atoms with E-state index in [1.54, 1.807) is 0 Å². The highest BCUT2D eigenvalue weighted by atomic mass is 16.5. The zero-order valence-corrected chi connectivity index (χ0v) is 19.6. The second-order valence-corrected chi connectivity index (χ2v) is 8.63. The number of nitrogens with zero attached hydrogens (tertiary/aromatic N) is 3. The summed E-state index contributed by atoms with van der Waals surface area (Å²) in [4.78, 5) is 14.8. The number of anilines is 2. The SMILES string of the molecule is O=C(COc1ccc(-c2ccccc2)cc1)Nc1cccc(-c2ccc(N3CCCCC3)nn2)c1. The summed E-state index contributed by atoms with van der Waals surface area (Å²) in [7, 11) is 0. The van der Waals surface area contributed by atoms with Crippen molar-refractivity contribution in [1.82, 2.24) is 10.2 Å². The average molecular weight is 465 g/mol. The Hall–Kier alpha value is -4.19. The summed E-state index contributed by atoms with van der Waals surface area (Å²) >= 11 is 0. The molecule has 1 aliphatic heterocycles. The summed E-state index contributed by atoms with van der Waals surface area (Å²) < 4.78 is 5.68. The van der Waals surface area contributed by atoms with Gasteiger partial charge in [0.25, 0.3) is 5.91 Å². The molecule has 1 fully saturated rings. The minimum absolute atomic E-state index is 0.0702. The molecule has 0 spiro atoms. The van der Waals surface area contributed by atoms with Crippen LogP contribution in [0.5, 0.6) is 5.75 Å².